The summed E-state index contributed by atoms with van der Waals surface area (Å²) in [4.78, 5) is 16.8. The lowest BCUT2D eigenvalue weighted by atomic mass is 9.96. The van der Waals surface area contributed by atoms with E-state index in [1.165, 1.54) is 5.69 Å². The van der Waals surface area contributed by atoms with Crippen LogP contribution in [0.1, 0.15) is 57.5 Å². The summed E-state index contributed by atoms with van der Waals surface area (Å²) in [6, 6.07) is 0.556. The van der Waals surface area contributed by atoms with Crippen molar-refractivity contribution >= 4 is 5.97 Å². The molecule has 1 aromatic rings. The highest BCUT2D eigenvalue weighted by Crippen LogP contribution is 2.39. The molecule has 2 rings (SSSR count). The van der Waals surface area contributed by atoms with Crippen LogP contribution in [0, 0.1) is 13.8 Å². The number of hydrogen-bond acceptors (Lipinski definition) is 4. The van der Waals surface area contributed by atoms with E-state index in [1.807, 2.05) is 20.2 Å². The van der Waals surface area contributed by atoms with E-state index < -0.39 is 5.54 Å². The van der Waals surface area contributed by atoms with E-state index in [9.17, 15) is 4.79 Å². The van der Waals surface area contributed by atoms with Crippen molar-refractivity contribution < 1.29 is 9.53 Å². The standard InChI is InChI=1S/C16H27N3O2/c1-6-21-15(20)16(18-11(2)3)8-7-14(9-16)19-10-17-12(4)13(19)5/h10-11,14,18H,6-9H2,1-5H3. The van der Waals surface area contributed by atoms with Crippen LogP contribution in [0.25, 0.3) is 0 Å². The van der Waals surface area contributed by atoms with Crippen molar-refractivity contribution in [1.29, 1.82) is 0 Å². The van der Waals surface area contributed by atoms with Crippen molar-refractivity contribution in [2.24, 2.45) is 0 Å². The molecule has 1 aromatic heterocycles. The molecule has 118 valence electrons. The number of rotatable bonds is 5. The molecule has 0 aliphatic heterocycles. The predicted molar refractivity (Wildman–Crippen MR) is 82.2 cm³/mol. The Labute approximate surface area is 127 Å². The molecule has 1 N–H and O–H groups in total. The molecule has 0 amide bonds. The monoisotopic (exact) mass is 293 g/mol. The van der Waals surface area contributed by atoms with Crippen molar-refractivity contribution in [2.45, 2.75) is 71.5 Å². The van der Waals surface area contributed by atoms with Crippen LogP contribution in [0.4, 0.5) is 0 Å². The molecule has 5 nitrogen and oxygen atoms in total. The van der Waals surface area contributed by atoms with Gasteiger partial charge in [-0.15, -0.1) is 0 Å². The number of carbonyl (C=O) groups excluding carboxylic acids is 1. The fourth-order valence-corrected chi connectivity index (χ4v) is 3.34. The maximum absolute atomic E-state index is 12.5. The number of carbonyl (C=O) groups is 1. The fraction of sp³-hybridized carbons (Fsp3) is 0.750. The van der Waals surface area contributed by atoms with Gasteiger partial charge in [-0.2, -0.15) is 0 Å². The van der Waals surface area contributed by atoms with Gasteiger partial charge in [0.05, 0.1) is 18.6 Å². The summed E-state index contributed by atoms with van der Waals surface area (Å²) in [6.45, 7) is 10.5. The third-order valence-electron chi connectivity index (χ3n) is 4.40. The molecule has 1 fully saturated rings. The van der Waals surface area contributed by atoms with Crippen molar-refractivity contribution in [2.75, 3.05) is 6.61 Å². The fourth-order valence-electron chi connectivity index (χ4n) is 3.34. The highest BCUT2D eigenvalue weighted by Gasteiger charge is 2.47. The topological polar surface area (TPSA) is 56.1 Å². The number of hydrogen-bond donors (Lipinski definition) is 1. The summed E-state index contributed by atoms with van der Waals surface area (Å²) < 4.78 is 7.53. The summed E-state index contributed by atoms with van der Waals surface area (Å²) in [5.74, 6) is -0.115. The molecule has 1 saturated carbocycles. The number of nitrogens with zero attached hydrogens (tertiary/aromatic N) is 2. The molecule has 2 unspecified atom stereocenters. The SMILES string of the molecule is CCOC(=O)C1(NC(C)C)CCC(n2cnc(C)c2C)C1. The van der Waals surface area contributed by atoms with E-state index in [4.69, 9.17) is 4.74 Å². The molecular weight excluding hydrogens is 266 g/mol. The van der Waals surface area contributed by atoms with E-state index in [0.717, 1.165) is 25.0 Å². The van der Waals surface area contributed by atoms with Crippen LogP contribution in [0.2, 0.25) is 0 Å². The minimum atomic E-state index is -0.556. The first-order chi connectivity index (χ1) is 9.89. The van der Waals surface area contributed by atoms with E-state index >= 15 is 0 Å². The average molecular weight is 293 g/mol. The van der Waals surface area contributed by atoms with Gasteiger partial charge in [0, 0.05) is 17.8 Å². The predicted octanol–water partition coefficient (Wildman–Crippen LogP) is 2.52. The molecule has 0 bridgehead atoms. The molecule has 0 aromatic carbocycles. The Bertz CT molecular complexity index is 510. The molecule has 0 saturated heterocycles. The van der Waals surface area contributed by atoms with E-state index in [2.05, 4.69) is 35.6 Å². The Morgan fingerprint density at radius 3 is 2.81 bits per heavy atom. The van der Waals surface area contributed by atoms with Gasteiger partial charge in [0.1, 0.15) is 5.54 Å². The number of imidazole rings is 1. The summed E-state index contributed by atoms with van der Waals surface area (Å²) in [7, 11) is 0. The maximum atomic E-state index is 12.5. The normalized spacial score (nSPS) is 25.5. The zero-order valence-electron chi connectivity index (χ0n) is 13.8. The number of aromatic nitrogens is 2. The van der Waals surface area contributed by atoms with Crippen molar-refractivity contribution in [3.8, 4) is 0 Å². The second-order valence-electron chi connectivity index (χ2n) is 6.32. The average Bonchev–Trinajstić information content (AvgIpc) is 2.96. The van der Waals surface area contributed by atoms with Gasteiger partial charge in [0.25, 0.3) is 0 Å². The summed E-state index contributed by atoms with van der Waals surface area (Å²) in [5, 5.41) is 3.46. The second kappa shape index (κ2) is 6.18. The number of ether oxygens (including phenoxy) is 1. The second-order valence-corrected chi connectivity index (χ2v) is 6.32. The lowest BCUT2D eigenvalue weighted by Crippen LogP contribution is -2.53. The molecule has 1 heterocycles. The third kappa shape index (κ3) is 3.12. The van der Waals surface area contributed by atoms with Gasteiger partial charge in [-0.1, -0.05) is 0 Å². The van der Waals surface area contributed by atoms with Crippen LogP contribution in [-0.4, -0.2) is 33.7 Å². The van der Waals surface area contributed by atoms with Gasteiger partial charge in [-0.3, -0.25) is 10.1 Å². The van der Waals surface area contributed by atoms with Crippen LogP contribution < -0.4 is 5.32 Å². The van der Waals surface area contributed by atoms with Gasteiger partial charge in [-0.05, 0) is 53.9 Å². The van der Waals surface area contributed by atoms with Crippen LogP contribution in [0.3, 0.4) is 0 Å². The van der Waals surface area contributed by atoms with Crippen LogP contribution in [0.5, 0.6) is 0 Å². The highest BCUT2D eigenvalue weighted by molar-refractivity contribution is 5.81. The minimum Gasteiger partial charge on any atom is -0.465 e. The van der Waals surface area contributed by atoms with E-state index in [-0.39, 0.29) is 12.0 Å². The third-order valence-corrected chi connectivity index (χ3v) is 4.40. The van der Waals surface area contributed by atoms with Crippen molar-refractivity contribution in [3.63, 3.8) is 0 Å². The zero-order valence-corrected chi connectivity index (χ0v) is 13.8. The Balaban J connectivity index is 2.22. The number of aryl methyl sites for hydroxylation is 1. The number of esters is 1. The van der Waals surface area contributed by atoms with Gasteiger partial charge >= 0.3 is 5.97 Å². The Morgan fingerprint density at radius 1 is 1.57 bits per heavy atom. The molecule has 2 atom stereocenters. The maximum Gasteiger partial charge on any atom is 0.326 e. The Kier molecular flexibility index (Phi) is 4.71. The van der Waals surface area contributed by atoms with Gasteiger partial charge in [-0.25, -0.2) is 4.98 Å². The summed E-state index contributed by atoms with van der Waals surface area (Å²) in [5.41, 5.74) is 1.68. The van der Waals surface area contributed by atoms with Crippen LogP contribution in [0.15, 0.2) is 6.33 Å². The molecule has 0 radical (unpaired) electrons. The largest absolute Gasteiger partial charge is 0.465 e. The first-order valence-electron chi connectivity index (χ1n) is 7.84. The lowest BCUT2D eigenvalue weighted by molar-refractivity contribution is -0.151. The molecule has 5 heteroatoms. The molecular formula is C16H27N3O2. The van der Waals surface area contributed by atoms with Crippen LogP contribution >= 0.6 is 0 Å². The van der Waals surface area contributed by atoms with Gasteiger partial charge < -0.3 is 9.30 Å². The van der Waals surface area contributed by atoms with Gasteiger partial charge in [0.15, 0.2) is 0 Å². The smallest absolute Gasteiger partial charge is 0.326 e. The molecule has 1 aliphatic carbocycles. The first kappa shape index (κ1) is 16.0. The summed E-state index contributed by atoms with van der Waals surface area (Å²) >= 11 is 0. The molecule has 0 spiro atoms. The Hall–Kier alpha value is -1.36. The minimum absolute atomic E-state index is 0.115. The Morgan fingerprint density at radius 2 is 2.29 bits per heavy atom. The summed E-state index contributed by atoms with van der Waals surface area (Å²) in [6.07, 6.45) is 4.44. The lowest BCUT2D eigenvalue weighted by Gasteiger charge is -2.30. The van der Waals surface area contributed by atoms with E-state index in [0.29, 0.717) is 12.6 Å². The number of nitrogens with one attached hydrogen (secondary N) is 1. The van der Waals surface area contributed by atoms with Crippen molar-refractivity contribution in [1.82, 2.24) is 14.9 Å². The van der Waals surface area contributed by atoms with Crippen molar-refractivity contribution in [3.05, 3.63) is 17.7 Å². The quantitative estimate of drug-likeness (QED) is 0.848. The zero-order chi connectivity index (χ0) is 15.6. The molecule has 1 aliphatic rings. The highest BCUT2D eigenvalue weighted by atomic mass is 16.5. The van der Waals surface area contributed by atoms with E-state index in [1.54, 1.807) is 0 Å². The first-order valence-corrected chi connectivity index (χ1v) is 7.84. The van der Waals surface area contributed by atoms with Gasteiger partial charge in [0.2, 0.25) is 0 Å². The molecule has 21 heavy (non-hydrogen) atoms. The van der Waals surface area contributed by atoms with Crippen LogP contribution in [-0.2, 0) is 9.53 Å².